The number of ether oxygens (including phenoxy) is 2. The number of nitrogens with zero attached hydrogens (tertiary/aromatic N) is 4. The van der Waals surface area contributed by atoms with Crippen LogP contribution >= 0.6 is 0 Å². The molecule has 2 aromatic rings. The van der Waals surface area contributed by atoms with E-state index < -0.39 is 42.3 Å². The topological polar surface area (TPSA) is 114 Å². The van der Waals surface area contributed by atoms with Crippen molar-refractivity contribution in [1.82, 2.24) is 19.6 Å². The number of hydrogen-bond acceptors (Lipinski definition) is 6. The fourth-order valence-electron chi connectivity index (χ4n) is 4.78. The van der Waals surface area contributed by atoms with Gasteiger partial charge in [0.05, 0.1) is 24.8 Å². The Kier molecular flexibility index (Phi) is 6.87. The van der Waals surface area contributed by atoms with E-state index in [0.29, 0.717) is 23.2 Å². The maximum absolute atomic E-state index is 13.8. The third kappa shape index (κ3) is 5.23. The number of halogens is 2. The highest BCUT2D eigenvalue weighted by Gasteiger charge is 2.45. The van der Waals surface area contributed by atoms with Crippen molar-refractivity contribution in [2.24, 2.45) is 0 Å². The van der Waals surface area contributed by atoms with Crippen LogP contribution in [0, 0.1) is 0 Å². The van der Waals surface area contributed by atoms with Gasteiger partial charge in [-0.1, -0.05) is 12.1 Å². The van der Waals surface area contributed by atoms with Gasteiger partial charge in [-0.25, -0.2) is 9.59 Å². The van der Waals surface area contributed by atoms with E-state index in [9.17, 15) is 28.3 Å². The summed E-state index contributed by atoms with van der Waals surface area (Å²) in [6.07, 6.45) is -0.116. The second-order valence-electron chi connectivity index (χ2n) is 10.3. The minimum absolute atomic E-state index is 0.0470. The summed E-state index contributed by atoms with van der Waals surface area (Å²) >= 11 is 0. The standard InChI is InChI=1S/C25H30F2N4O6/c1-13-10-18-17(11-29(13)24(35)37-25(3,4)5)20-21(32)31(19(22(33)34)12-30(20)28-18)14(2)15-6-8-16(9-7-15)36-23(26)27/h6-9,13-14,19,23H,10-12H2,1-5H3,(H,33,34)/t13-,14?,19?/m1/s1. The Balaban J connectivity index is 1.67. The molecule has 3 atom stereocenters. The summed E-state index contributed by atoms with van der Waals surface area (Å²) in [5, 5.41) is 14.5. The van der Waals surface area contributed by atoms with E-state index in [2.05, 4.69) is 9.84 Å². The molecular formula is C25H30F2N4O6. The molecular weight excluding hydrogens is 490 g/mol. The van der Waals surface area contributed by atoms with Crippen LogP contribution < -0.4 is 4.74 Å². The highest BCUT2D eigenvalue weighted by molar-refractivity contribution is 5.98. The van der Waals surface area contributed by atoms with Gasteiger partial charge in [-0.15, -0.1) is 0 Å². The van der Waals surface area contributed by atoms with Crippen molar-refractivity contribution in [3.63, 3.8) is 0 Å². The maximum atomic E-state index is 13.8. The Morgan fingerprint density at radius 1 is 1.19 bits per heavy atom. The summed E-state index contributed by atoms with van der Waals surface area (Å²) in [6, 6.07) is 3.59. The minimum atomic E-state index is -2.97. The van der Waals surface area contributed by atoms with Crippen molar-refractivity contribution in [2.45, 2.75) is 84.5 Å². The Labute approximate surface area is 212 Å². The zero-order valence-corrected chi connectivity index (χ0v) is 21.3. The molecule has 0 saturated carbocycles. The number of carboxylic acid groups (broad SMARTS) is 1. The first kappa shape index (κ1) is 26.4. The van der Waals surface area contributed by atoms with Crippen LogP contribution in [0.15, 0.2) is 24.3 Å². The molecule has 0 saturated heterocycles. The largest absolute Gasteiger partial charge is 0.480 e. The number of aliphatic carboxylic acids is 1. The second kappa shape index (κ2) is 9.64. The Bertz CT molecular complexity index is 1210. The molecule has 1 aromatic heterocycles. The monoisotopic (exact) mass is 520 g/mol. The predicted octanol–water partition coefficient (Wildman–Crippen LogP) is 3.84. The molecule has 2 amide bonds. The molecule has 0 fully saturated rings. The van der Waals surface area contributed by atoms with E-state index >= 15 is 0 Å². The third-order valence-electron chi connectivity index (χ3n) is 6.52. The molecule has 3 heterocycles. The molecule has 10 nitrogen and oxygen atoms in total. The van der Waals surface area contributed by atoms with Crippen molar-refractivity contribution >= 4 is 18.0 Å². The molecule has 0 radical (unpaired) electrons. The molecule has 2 aliphatic heterocycles. The van der Waals surface area contributed by atoms with Gasteiger partial charge in [-0.3, -0.25) is 9.48 Å². The van der Waals surface area contributed by atoms with E-state index in [1.165, 1.54) is 33.8 Å². The van der Waals surface area contributed by atoms with Crippen LogP contribution in [0.5, 0.6) is 5.75 Å². The van der Waals surface area contributed by atoms with Gasteiger partial charge in [0.2, 0.25) is 0 Å². The Morgan fingerprint density at radius 2 is 1.84 bits per heavy atom. The van der Waals surface area contributed by atoms with Crippen LogP contribution in [0.25, 0.3) is 0 Å². The Morgan fingerprint density at radius 3 is 2.41 bits per heavy atom. The van der Waals surface area contributed by atoms with Gasteiger partial charge in [0, 0.05) is 18.0 Å². The van der Waals surface area contributed by atoms with E-state index in [4.69, 9.17) is 4.74 Å². The van der Waals surface area contributed by atoms with Crippen molar-refractivity contribution in [1.29, 1.82) is 0 Å². The second-order valence-corrected chi connectivity index (χ2v) is 10.3. The molecule has 1 aromatic carbocycles. The van der Waals surface area contributed by atoms with Crippen molar-refractivity contribution < 1.29 is 37.7 Å². The fourth-order valence-corrected chi connectivity index (χ4v) is 4.78. The van der Waals surface area contributed by atoms with Crippen molar-refractivity contribution in [3.8, 4) is 5.75 Å². The van der Waals surface area contributed by atoms with Crippen molar-refractivity contribution in [2.75, 3.05) is 0 Å². The van der Waals surface area contributed by atoms with Gasteiger partial charge in [0.25, 0.3) is 5.91 Å². The van der Waals surface area contributed by atoms with E-state index in [0.717, 1.165) is 0 Å². The lowest BCUT2D eigenvalue weighted by Gasteiger charge is -2.39. The maximum Gasteiger partial charge on any atom is 0.410 e. The number of amides is 2. The zero-order chi connectivity index (χ0) is 27.2. The highest BCUT2D eigenvalue weighted by Crippen LogP contribution is 2.35. The van der Waals surface area contributed by atoms with Crippen LogP contribution in [0.1, 0.15) is 68.0 Å². The molecule has 2 aliphatic rings. The summed E-state index contributed by atoms with van der Waals surface area (Å²) in [4.78, 5) is 41.7. The van der Waals surface area contributed by atoms with E-state index in [-0.39, 0.29) is 30.6 Å². The zero-order valence-electron chi connectivity index (χ0n) is 21.3. The minimum Gasteiger partial charge on any atom is -0.480 e. The first-order valence-electron chi connectivity index (χ1n) is 11.9. The lowest BCUT2D eigenvalue weighted by Crippen LogP contribution is -2.53. The molecule has 1 N–H and O–H groups in total. The number of fused-ring (bicyclic) bond motifs is 3. The van der Waals surface area contributed by atoms with Gasteiger partial charge in [0.15, 0.2) is 0 Å². The fraction of sp³-hybridized carbons (Fsp3) is 0.520. The molecule has 0 aliphatic carbocycles. The number of hydrogen-bond donors (Lipinski definition) is 1. The summed E-state index contributed by atoms with van der Waals surface area (Å²) in [5.41, 5.74) is 1.30. The van der Waals surface area contributed by atoms with Crippen LogP contribution in [-0.4, -0.2) is 67.0 Å². The van der Waals surface area contributed by atoms with E-state index in [1.54, 1.807) is 32.6 Å². The van der Waals surface area contributed by atoms with Crippen LogP contribution in [0.4, 0.5) is 13.6 Å². The Hall–Kier alpha value is -3.70. The van der Waals surface area contributed by atoms with Crippen LogP contribution in [0.2, 0.25) is 0 Å². The van der Waals surface area contributed by atoms with E-state index in [1.807, 2.05) is 6.92 Å². The summed E-state index contributed by atoms with van der Waals surface area (Å²) in [6.45, 7) is 5.91. The van der Waals surface area contributed by atoms with Gasteiger partial charge < -0.3 is 24.4 Å². The number of carbonyl (C=O) groups is 3. The van der Waals surface area contributed by atoms with Crippen LogP contribution in [-0.2, 0) is 29.0 Å². The van der Waals surface area contributed by atoms with Crippen molar-refractivity contribution in [3.05, 3.63) is 46.8 Å². The summed E-state index contributed by atoms with van der Waals surface area (Å²) in [5.74, 6) is -1.78. The number of alkyl halides is 2. The molecule has 37 heavy (non-hydrogen) atoms. The van der Waals surface area contributed by atoms with Gasteiger partial charge in [-0.2, -0.15) is 13.9 Å². The van der Waals surface area contributed by atoms with Crippen LogP contribution in [0.3, 0.4) is 0 Å². The first-order chi connectivity index (χ1) is 17.3. The molecule has 2 unspecified atom stereocenters. The quantitative estimate of drug-likeness (QED) is 0.637. The number of rotatable bonds is 5. The summed E-state index contributed by atoms with van der Waals surface area (Å²) in [7, 11) is 0. The molecule has 12 heteroatoms. The van der Waals surface area contributed by atoms with Gasteiger partial charge >= 0.3 is 18.7 Å². The average Bonchev–Trinajstić information content (AvgIpc) is 3.14. The highest BCUT2D eigenvalue weighted by atomic mass is 19.3. The summed E-state index contributed by atoms with van der Waals surface area (Å²) < 4.78 is 36.4. The van der Waals surface area contributed by atoms with Gasteiger partial charge in [0.1, 0.15) is 23.1 Å². The number of aromatic nitrogens is 2. The number of benzene rings is 1. The first-order valence-corrected chi connectivity index (χ1v) is 11.9. The molecule has 0 spiro atoms. The third-order valence-corrected chi connectivity index (χ3v) is 6.52. The van der Waals surface area contributed by atoms with Gasteiger partial charge in [-0.05, 0) is 52.3 Å². The number of carboxylic acids is 1. The number of carbonyl (C=O) groups excluding carboxylic acids is 2. The average molecular weight is 521 g/mol. The lowest BCUT2D eigenvalue weighted by molar-refractivity contribution is -0.144. The predicted molar refractivity (Wildman–Crippen MR) is 126 cm³/mol. The molecule has 0 bridgehead atoms. The molecule has 200 valence electrons. The smallest absolute Gasteiger partial charge is 0.410 e. The normalized spacial score (nSPS) is 20.4. The molecule has 4 rings (SSSR count). The SMILES string of the molecule is CC(c1ccc(OC(F)F)cc1)N1C(=O)c2c3c(nn2CC1C(=O)O)C[C@@H](C)N(C(=O)OC(C)(C)C)C3. The lowest BCUT2D eigenvalue weighted by atomic mass is 9.97.